The highest BCUT2D eigenvalue weighted by molar-refractivity contribution is 9.11. The summed E-state index contributed by atoms with van der Waals surface area (Å²) in [6.07, 6.45) is 0. The fourth-order valence-corrected chi connectivity index (χ4v) is 3.07. The molecule has 0 N–H and O–H groups in total. The summed E-state index contributed by atoms with van der Waals surface area (Å²) in [6, 6.07) is 4.27. The van der Waals surface area contributed by atoms with Gasteiger partial charge in [-0.05, 0) is 41.1 Å². The van der Waals surface area contributed by atoms with Crippen LogP contribution in [0.4, 0.5) is 4.39 Å². The molecule has 0 unspecified atom stereocenters. The molecule has 0 radical (unpaired) electrons. The summed E-state index contributed by atoms with van der Waals surface area (Å²) in [5, 5.41) is 0.249. The van der Waals surface area contributed by atoms with Gasteiger partial charge < -0.3 is 4.74 Å². The van der Waals surface area contributed by atoms with Crippen molar-refractivity contribution in [2.24, 2.45) is 0 Å². The lowest BCUT2D eigenvalue weighted by Gasteiger charge is -2.00. The Morgan fingerprint density at radius 1 is 1.58 bits per heavy atom. The molecule has 3 nitrogen and oxygen atoms in total. The number of halogens is 3. The number of aromatic nitrogens is 1. The van der Waals surface area contributed by atoms with Crippen molar-refractivity contribution in [2.45, 2.75) is 6.92 Å². The first-order valence-corrected chi connectivity index (χ1v) is 7.30. The number of carbonyl (C=O) groups excluding carboxylic acids is 1. The van der Waals surface area contributed by atoms with E-state index in [0.29, 0.717) is 15.0 Å². The van der Waals surface area contributed by atoms with Crippen molar-refractivity contribution in [1.82, 2.24) is 4.98 Å². The fourth-order valence-electron chi connectivity index (χ4n) is 1.40. The topological polar surface area (TPSA) is 39.2 Å². The minimum absolute atomic E-state index is 0.00934. The molecule has 0 aliphatic rings. The van der Waals surface area contributed by atoms with Crippen LogP contribution in [0.5, 0.6) is 0 Å². The van der Waals surface area contributed by atoms with Gasteiger partial charge in [-0.3, -0.25) is 0 Å². The van der Waals surface area contributed by atoms with Gasteiger partial charge >= 0.3 is 5.97 Å². The van der Waals surface area contributed by atoms with E-state index in [1.165, 1.54) is 12.1 Å². The Bertz CT molecular complexity index is 632. The Kier molecular flexibility index (Phi) is 4.54. The molecule has 0 fully saturated rings. The number of esters is 1. The second-order valence-electron chi connectivity index (χ2n) is 3.49. The van der Waals surface area contributed by atoms with Crippen LogP contribution in [0, 0.1) is 5.82 Å². The van der Waals surface area contributed by atoms with Crippen LogP contribution in [0.3, 0.4) is 0 Å². The Morgan fingerprint density at radius 3 is 2.95 bits per heavy atom. The van der Waals surface area contributed by atoms with Crippen molar-refractivity contribution >= 4 is 44.8 Å². The van der Waals surface area contributed by atoms with Gasteiger partial charge in [-0.1, -0.05) is 22.9 Å². The van der Waals surface area contributed by atoms with Gasteiger partial charge in [0.05, 0.1) is 21.1 Å². The van der Waals surface area contributed by atoms with Crippen molar-refractivity contribution < 1.29 is 13.9 Å². The van der Waals surface area contributed by atoms with E-state index in [0.717, 1.165) is 11.3 Å². The third kappa shape index (κ3) is 3.13. The average Bonchev–Trinajstić information content (AvgIpc) is 2.75. The molecule has 1 aromatic heterocycles. The lowest BCUT2D eigenvalue weighted by atomic mass is 10.2. The predicted molar refractivity (Wildman–Crippen MR) is 76.2 cm³/mol. The molecule has 0 atom stereocenters. The summed E-state index contributed by atoms with van der Waals surface area (Å²) in [6.45, 7) is 2.01. The fraction of sp³-hybridized carbons (Fsp3) is 0.167. The van der Waals surface area contributed by atoms with E-state index in [9.17, 15) is 9.18 Å². The first kappa shape index (κ1) is 14.4. The molecule has 19 heavy (non-hydrogen) atoms. The highest BCUT2D eigenvalue weighted by Crippen LogP contribution is 2.34. The van der Waals surface area contributed by atoms with Gasteiger partial charge in [-0.15, -0.1) is 0 Å². The first-order valence-electron chi connectivity index (χ1n) is 5.31. The standard InChI is InChI=1S/C12H8BrClFNO2S/c1-2-18-12(17)11-16-9(10(13)19-11)6-3-4-8(15)7(14)5-6/h3-5H,2H2,1H3. The lowest BCUT2D eigenvalue weighted by Crippen LogP contribution is -2.03. The number of nitrogens with zero attached hydrogens (tertiary/aromatic N) is 1. The Hall–Kier alpha value is -0.980. The van der Waals surface area contributed by atoms with Crippen LogP contribution in [0.1, 0.15) is 16.7 Å². The van der Waals surface area contributed by atoms with Crippen LogP contribution in [0.2, 0.25) is 5.02 Å². The van der Waals surface area contributed by atoms with Gasteiger partial charge in [0.2, 0.25) is 5.01 Å². The second kappa shape index (κ2) is 5.98. The van der Waals surface area contributed by atoms with Crippen LogP contribution < -0.4 is 0 Å². The molecule has 1 heterocycles. The van der Waals surface area contributed by atoms with E-state index in [1.54, 1.807) is 13.0 Å². The Balaban J connectivity index is 2.40. The van der Waals surface area contributed by atoms with Crippen LogP contribution in [-0.2, 0) is 4.74 Å². The number of hydrogen-bond donors (Lipinski definition) is 0. The maximum Gasteiger partial charge on any atom is 0.367 e. The van der Waals surface area contributed by atoms with Crippen LogP contribution >= 0.6 is 38.9 Å². The van der Waals surface area contributed by atoms with Gasteiger partial charge in [-0.25, -0.2) is 14.2 Å². The maximum atomic E-state index is 13.1. The van der Waals surface area contributed by atoms with Gasteiger partial charge in [0, 0.05) is 5.56 Å². The third-order valence-electron chi connectivity index (χ3n) is 2.23. The molecule has 7 heteroatoms. The minimum Gasteiger partial charge on any atom is -0.461 e. The molecule has 1 aromatic carbocycles. The number of hydrogen-bond acceptors (Lipinski definition) is 4. The van der Waals surface area contributed by atoms with Gasteiger partial charge in [0.15, 0.2) is 0 Å². The van der Waals surface area contributed by atoms with E-state index in [4.69, 9.17) is 16.3 Å². The number of carbonyl (C=O) groups is 1. The van der Waals surface area contributed by atoms with Gasteiger partial charge in [0.1, 0.15) is 5.82 Å². The van der Waals surface area contributed by atoms with Crippen molar-refractivity contribution in [3.8, 4) is 11.3 Å². The Morgan fingerprint density at radius 2 is 2.32 bits per heavy atom. The molecule has 0 aliphatic heterocycles. The van der Waals surface area contributed by atoms with Crippen molar-refractivity contribution in [3.63, 3.8) is 0 Å². The van der Waals surface area contributed by atoms with Crippen molar-refractivity contribution in [1.29, 1.82) is 0 Å². The second-order valence-corrected chi connectivity index (χ2v) is 6.21. The quantitative estimate of drug-likeness (QED) is 0.751. The molecule has 0 bridgehead atoms. The van der Waals surface area contributed by atoms with Gasteiger partial charge in [-0.2, -0.15) is 0 Å². The van der Waals surface area contributed by atoms with E-state index >= 15 is 0 Å². The predicted octanol–water partition coefficient (Wildman–Crippen LogP) is 4.54. The summed E-state index contributed by atoms with van der Waals surface area (Å²) in [7, 11) is 0. The number of ether oxygens (including phenoxy) is 1. The normalized spacial score (nSPS) is 10.5. The molecule has 0 saturated heterocycles. The molecule has 0 aliphatic carbocycles. The summed E-state index contributed by atoms with van der Waals surface area (Å²) in [5.74, 6) is -0.977. The van der Waals surface area contributed by atoms with Crippen molar-refractivity contribution in [2.75, 3.05) is 6.61 Å². The summed E-state index contributed by atoms with van der Waals surface area (Å²) in [4.78, 5) is 15.8. The van der Waals surface area contributed by atoms with Crippen molar-refractivity contribution in [3.05, 3.63) is 37.8 Å². The summed E-state index contributed by atoms with van der Waals surface area (Å²) >= 11 is 10.2. The monoisotopic (exact) mass is 363 g/mol. The molecule has 0 saturated carbocycles. The van der Waals surface area contributed by atoms with Crippen LogP contribution in [0.25, 0.3) is 11.3 Å². The SMILES string of the molecule is CCOC(=O)c1nc(-c2ccc(F)c(Cl)c2)c(Br)s1. The zero-order valence-electron chi connectivity index (χ0n) is 9.75. The Labute approximate surface area is 126 Å². The molecular formula is C12H8BrClFNO2S. The highest BCUT2D eigenvalue weighted by Gasteiger charge is 2.18. The average molecular weight is 365 g/mol. The van der Waals surface area contributed by atoms with E-state index in [-0.39, 0.29) is 16.6 Å². The molecule has 2 aromatic rings. The molecule has 100 valence electrons. The van der Waals surface area contributed by atoms with E-state index in [2.05, 4.69) is 20.9 Å². The third-order valence-corrected chi connectivity index (χ3v) is 4.20. The number of benzene rings is 1. The number of thiazole rings is 1. The van der Waals surface area contributed by atoms with Crippen LogP contribution in [0.15, 0.2) is 22.0 Å². The van der Waals surface area contributed by atoms with Gasteiger partial charge in [0.25, 0.3) is 0 Å². The summed E-state index contributed by atoms with van der Waals surface area (Å²) < 4.78 is 18.7. The molecule has 0 amide bonds. The molecular weight excluding hydrogens is 357 g/mol. The largest absolute Gasteiger partial charge is 0.461 e. The first-order chi connectivity index (χ1) is 9.02. The lowest BCUT2D eigenvalue weighted by molar-refractivity contribution is 0.0526. The van der Waals surface area contributed by atoms with Crippen LogP contribution in [-0.4, -0.2) is 17.6 Å². The number of rotatable bonds is 3. The zero-order valence-corrected chi connectivity index (χ0v) is 12.9. The smallest absolute Gasteiger partial charge is 0.367 e. The van der Waals surface area contributed by atoms with E-state index in [1.807, 2.05) is 0 Å². The van der Waals surface area contributed by atoms with E-state index < -0.39 is 11.8 Å². The summed E-state index contributed by atoms with van der Waals surface area (Å²) in [5.41, 5.74) is 1.17. The molecule has 0 spiro atoms. The minimum atomic E-state index is -0.498. The maximum absolute atomic E-state index is 13.1. The molecule has 2 rings (SSSR count). The highest BCUT2D eigenvalue weighted by atomic mass is 79.9. The zero-order chi connectivity index (χ0) is 14.0.